The van der Waals surface area contributed by atoms with Gasteiger partial charge in [0.25, 0.3) is 0 Å². The van der Waals surface area contributed by atoms with Crippen molar-refractivity contribution in [2.75, 3.05) is 9.80 Å². The van der Waals surface area contributed by atoms with E-state index in [1.54, 1.807) is 0 Å². The molecule has 0 saturated carbocycles. The molecule has 0 aliphatic heterocycles. The topological polar surface area (TPSA) is 16.3 Å². The first kappa shape index (κ1) is 65.0. The molecule has 0 amide bonds. The predicted molar refractivity (Wildman–Crippen MR) is 434 cm³/mol. The molecule has 0 unspecified atom stereocenters. The van der Waals surface area contributed by atoms with E-state index in [1.165, 1.54) is 232 Å². The largest absolute Gasteiger partial charge is 0.310 e. The number of anilines is 6. The van der Waals surface area contributed by atoms with Crippen LogP contribution in [0.3, 0.4) is 0 Å². The summed E-state index contributed by atoms with van der Waals surface area (Å²) in [5.41, 5.74) is 29.6. The van der Waals surface area contributed by atoms with Crippen LogP contribution in [0.1, 0.15) is 137 Å². The number of hydrogen-bond acceptors (Lipinski definition) is 2. The molecule has 1 aliphatic carbocycles. The number of aromatic nitrogens is 2. The van der Waals surface area contributed by atoms with Gasteiger partial charge < -0.3 is 18.9 Å². The lowest BCUT2D eigenvalue weighted by atomic mass is 9.70. The van der Waals surface area contributed by atoms with Crippen molar-refractivity contribution in [1.29, 1.82) is 0 Å². The Morgan fingerprint density at radius 3 is 1.25 bits per heavy atom. The van der Waals surface area contributed by atoms with Crippen LogP contribution in [0.5, 0.6) is 0 Å². The Balaban J connectivity index is 0.877. The van der Waals surface area contributed by atoms with Crippen LogP contribution in [0.15, 0.2) is 279 Å². The van der Waals surface area contributed by atoms with E-state index in [2.05, 4.69) is 340 Å². The second-order valence-electron chi connectivity index (χ2n) is 28.9. The standard InChI is InChI=1S/C97H92N4/c1-7-9-11-13-15-29-57-97(58-30-16-14-12-10-8-2)87-65-79(98(89-53-47-67(3)59-69(89)5)77-39-31-33-71(61-77)73-49-55-93-85(63-73)81-42-25-27-45-91(81)99(93)75-35-19-17-20-36-75)51-52-84(87)96-83-44-24-23-41-80(83)95(66-88(96)97)101(90-54-48-68(4)60-70(90)6)78-40-32-34-72(62-78)74-50-56-94-86(64-74)82-43-26-28-46-92(82)100(94)76-37-21-18-22-38-76/h17-28,31-56,59-66H,7-16,29-30,57-58H2,1-6H3. The van der Waals surface area contributed by atoms with E-state index in [0.29, 0.717) is 0 Å². The fourth-order valence-corrected chi connectivity index (χ4v) is 17.3. The Morgan fingerprint density at radius 1 is 0.287 bits per heavy atom. The van der Waals surface area contributed by atoms with Crippen molar-refractivity contribution >= 4 is 88.5 Å². The molecule has 0 saturated heterocycles. The molecule has 0 spiro atoms. The van der Waals surface area contributed by atoms with Gasteiger partial charge in [0, 0.05) is 72.2 Å². The Kier molecular flexibility index (Phi) is 18.1. The van der Waals surface area contributed by atoms with Gasteiger partial charge in [0.05, 0.1) is 27.8 Å². The molecule has 15 aromatic rings. The summed E-state index contributed by atoms with van der Waals surface area (Å²) < 4.78 is 4.83. The average Bonchev–Trinajstić information content (AvgIpc) is 1.56. The zero-order chi connectivity index (χ0) is 68.6. The molecule has 0 bridgehead atoms. The molecule has 0 N–H and O–H groups in total. The molecule has 4 heteroatoms. The molecule has 4 nitrogen and oxygen atoms in total. The highest BCUT2D eigenvalue weighted by Gasteiger charge is 2.45. The Hall–Kier alpha value is -10.7. The number of rotatable bonds is 24. The normalized spacial score (nSPS) is 12.5. The molecule has 1 aliphatic rings. The second-order valence-corrected chi connectivity index (χ2v) is 28.9. The van der Waals surface area contributed by atoms with Crippen LogP contribution in [-0.2, 0) is 5.41 Å². The molecule has 0 fully saturated rings. The van der Waals surface area contributed by atoms with Crippen molar-refractivity contribution in [1.82, 2.24) is 9.13 Å². The van der Waals surface area contributed by atoms with Crippen molar-refractivity contribution in [3.05, 3.63) is 312 Å². The van der Waals surface area contributed by atoms with Crippen LogP contribution in [0.4, 0.5) is 34.1 Å². The maximum absolute atomic E-state index is 2.71. The smallest absolute Gasteiger partial charge is 0.0543 e. The van der Waals surface area contributed by atoms with Crippen molar-refractivity contribution < 1.29 is 0 Å². The number of fused-ring (bicyclic) bond motifs is 11. The van der Waals surface area contributed by atoms with Gasteiger partial charge in [-0.3, -0.25) is 0 Å². The number of unbranched alkanes of at least 4 members (excludes halogenated alkanes) is 10. The van der Waals surface area contributed by atoms with Gasteiger partial charge >= 0.3 is 0 Å². The summed E-state index contributed by atoms with van der Waals surface area (Å²) in [5.74, 6) is 0. The third kappa shape index (κ3) is 12.1. The summed E-state index contributed by atoms with van der Waals surface area (Å²) in [5, 5.41) is 7.59. The summed E-state index contributed by atoms with van der Waals surface area (Å²) >= 11 is 0. The summed E-state index contributed by atoms with van der Waals surface area (Å²) in [7, 11) is 0. The highest BCUT2D eigenvalue weighted by atomic mass is 15.2. The van der Waals surface area contributed by atoms with E-state index in [9.17, 15) is 0 Å². The minimum absolute atomic E-state index is 0.274. The maximum Gasteiger partial charge on any atom is 0.0543 e. The van der Waals surface area contributed by atoms with Crippen LogP contribution in [-0.4, -0.2) is 9.13 Å². The van der Waals surface area contributed by atoms with Gasteiger partial charge in [-0.05, 0) is 217 Å². The minimum atomic E-state index is -0.274. The van der Waals surface area contributed by atoms with Gasteiger partial charge in [0.2, 0.25) is 0 Å². The van der Waals surface area contributed by atoms with Gasteiger partial charge in [-0.1, -0.05) is 266 Å². The lowest BCUT2D eigenvalue weighted by Gasteiger charge is -2.36. The van der Waals surface area contributed by atoms with Crippen molar-refractivity contribution in [3.8, 4) is 44.8 Å². The molecule has 101 heavy (non-hydrogen) atoms. The Bertz CT molecular complexity index is 5520. The fourth-order valence-electron chi connectivity index (χ4n) is 17.3. The van der Waals surface area contributed by atoms with E-state index in [4.69, 9.17) is 0 Å². The number of nitrogens with zero attached hydrogens (tertiary/aromatic N) is 4. The third-order valence-electron chi connectivity index (χ3n) is 22.2. The SMILES string of the molecule is CCCCCCCCC1(CCCCCCCC)c2cc(N(c3cccc(-c4ccc5c(c4)c4ccccc4n5-c4ccccc4)c3)c3ccc(C)cc3C)ccc2-c2c1cc(N(c1cccc(-c3ccc4c(c3)c3ccccc3n4-c3ccccc3)c1)c1ccc(C)cc1C)c1ccccc21. The van der Waals surface area contributed by atoms with Crippen molar-refractivity contribution in [2.45, 2.75) is 137 Å². The summed E-state index contributed by atoms with van der Waals surface area (Å²) in [6.45, 7) is 13.7. The quantitative estimate of drug-likeness (QED) is 0.0561. The van der Waals surface area contributed by atoms with Crippen molar-refractivity contribution in [2.24, 2.45) is 0 Å². The molecular formula is C97H92N4. The van der Waals surface area contributed by atoms with Gasteiger partial charge in [0.1, 0.15) is 0 Å². The first-order valence-electron chi connectivity index (χ1n) is 37.5. The number of hydrogen-bond donors (Lipinski definition) is 0. The molecule has 16 rings (SSSR count). The molecule has 2 aromatic heterocycles. The third-order valence-corrected chi connectivity index (χ3v) is 22.2. The highest BCUT2D eigenvalue weighted by Crippen LogP contribution is 2.60. The molecule has 2 heterocycles. The zero-order valence-corrected chi connectivity index (χ0v) is 59.7. The highest BCUT2D eigenvalue weighted by molar-refractivity contribution is 6.13. The number of benzene rings is 13. The maximum atomic E-state index is 2.71. The van der Waals surface area contributed by atoms with Gasteiger partial charge in [-0.2, -0.15) is 0 Å². The average molecular weight is 1310 g/mol. The molecule has 13 aromatic carbocycles. The fraction of sp³-hybridized carbons (Fsp3) is 0.216. The number of para-hydroxylation sites is 4. The van der Waals surface area contributed by atoms with Crippen LogP contribution in [0.25, 0.3) is 99.1 Å². The van der Waals surface area contributed by atoms with E-state index in [1.807, 2.05) is 0 Å². The van der Waals surface area contributed by atoms with E-state index < -0.39 is 0 Å². The Labute approximate surface area is 597 Å². The summed E-state index contributed by atoms with van der Waals surface area (Å²) in [4.78, 5) is 5.21. The lowest BCUT2D eigenvalue weighted by Crippen LogP contribution is -2.26. The van der Waals surface area contributed by atoms with E-state index in [0.717, 1.165) is 24.2 Å². The zero-order valence-electron chi connectivity index (χ0n) is 59.7. The molecule has 0 radical (unpaired) electrons. The summed E-state index contributed by atoms with van der Waals surface area (Å²) in [6, 6.07) is 106. The van der Waals surface area contributed by atoms with Crippen LogP contribution in [0, 0.1) is 27.7 Å². The van der Waals surface area contributed by atoms with E-state index in [-0.39, 0.29) is 5.41 Å². The lowest BCUT2D eigenvalue weighted by molar-refractivity contribution is 0.398. The van der Waals surface area contributed by atoms with E-state index >= 15 is 0 Å². The molecular weight excluding hydrogens is 1220 g/mol. The second kappa shape index (κ2) is 28.2. The van der Waals surface area contributed by atoms with Crippen LogP contribution >= 0.6 is 0 Å². The monoisotopic (exact) mass is 1310 g/mol. The summed E-state index contributed by atoms with van der Waals surface area (Å²) in [6.07, 6.45) is 17.1. The molecule has 500 valence electrons. The van der Waals surface area contributed by atoms with Crippen LogP contribution in [0.2, 0.25) is 0 Å². The first-order valence-corrected chi connectivity index (χ1v) is 37.5. The predicted octanol–water partition coefficient (Wildman–Crippen LogP) is 28.3. The van der Waals surface area contributed by atoms with Gasteiger partial charge in [-0.25, -0.2) is 0 Å². The van der Waals surface area contributed by atoms with Gasteiger partial charge in [-0.15, -0.1) is 0 Å². The van der Waals surface area contributed by atoms with Gasteiger partial charge in [0.15, 0.2) is 0 Å². The number of aryl methyl sites for hydroxylation is 4. The van der Waals surface area contributed by atoms with Crippen LogP contribution < -0.4 is 9.80 Å². The molecule has 0 atom stereocenters. The minimum Gasteiger partial charge on any atom is -0.310 e. The Morgan fingerprint density at radius 2 is 0.723 bits per heavy atom. The van der Waals surface area contributed by atoms with Crippen molar-refractivity contribution in [3.63, 3.8) is 0 Å². The first-order chi connectivity index (χ1) is 49.7.